The largest absolute Gasteiger partial charge is 0.477 e. The van der Waals surface area contributed by atoms with Crippen molar-refractivity contribution in [1.82, 2.24) is 14.5 Å². The van der Waals surface area contributed by atoms with E-state index in [4.69, 9.17) is 4.74 Å². The zero-order valence-electron chi connectivity index (χ0n) is 17.8. The number of aromatic nitrogens is 2. The highest BCUT2D eigenvalue weighted by Gasteiger charge is 2.39. The Balaban J connectivity index is 2.86. The van der Waals surface area contributed by atoms with E-state index < -0.39 is 51.1 Å². The van der Waals surface area contributed by atoms with E-state index in [1.54, 1.807) is 19.0 Å². The van der Waals surface area contributed by atoms with Crippen LogP contribution in [-0.2, 0) is 25.1 Å². The summed E-state index contributed by atoms with van der Waals surface area (Å²) in [6.07, 6.45) is -15.4. The van der Waals surface area contributed by atoms with Gasteiger partial charge in [-0.25, -0.2) is 9.98 Å². The molecule has 2 rings (SSSR count). The van der Waals surface area contributed by atoms with Crippen LogP contribution in [-0.4, -0.2) is 41.7 Å². The Morgan fingerprint density at radius 3 is 2.06 bits per heavy atom. The highest BCUT2D eigenvalue weighted by Crippen LogP contribution is 2.43. The molecule has 34 heavy (non-hydrogen) atoms. The van der Waals surface area contributed by atoms with E-state index in [-0.39, 0.29) is 31.2 Å². The van der Waals surface area contributed by atoms with Crippen LogP contribution in [0.25, 0.3) is 0 Å². The van der Waals surface area contributed by atoms with Crippen molar-refractivity contribution in [3.8, 4) is 5.88 Å². The van der Waals surface area contributed by atoms with Crippen molar-refractivity contribution in [3.05, 3.63) is 45.1 Å². The van der Waals surface area contributed by atoms with Crippen LogP contribution < -0.4 is 10.4 Å². The number of hydrogen-bond acceptors (Lipinski definition) is 4. The third kappa shape index (κ3) is 6.87. The molecule has 0 aliphatic carbocycles. The maximum Gasteiger partial charge on any atom is 0.433 e. The number of halogens is 10. The van der Waals surface area contributed by atoms with Crippen LogP contribution in [0.3, 0.4) is 0 Å². The molecule has 1 aromatic heterocycles. The van der Waals surface area contributed by atoms with E-state index >= 15 is 0 Å². The van der Waals surface area contributed by atoms with Crippen molar-refractivity contribution in [2.45, 2.75) is 32.0 Å². The second-order valence-electron chi connectivity index (χ2n) is 7.14. The highest BCUT2D eigenvalue weighted by atomic mass is 79.9. The predicted molar refractivity (Wildman–Crippen MR) is 106 cm³/mol. The lowest BCUT2D eigenvalue weighted by atomic mass is 10.1. The molecule has 190 valence electrons. The molecule has 0 N–H and O–H groups in total. The SMILES string of the molecule is CCn1c(OCCN(C)C)cc(C(F)(F)F)nc1=Nc1cc(C(F)(F)F)cc(C(F)(F)F)c1Br. The standard InChI is InChI=1S/C19H18BrF9N4O/c1-4-33-14(34-6-5-32(2)3)9-13(19(27,28)29)31-16(33)30-12-8-10(17(21,22)23)7-11(15(12)20)18(24,25)26/h7-9H,4-6H2,1-3H3. The fourth-order valence-electron chi connectivity index (χ4n) is 2.64. The van der Waals surface area contributed by atoms with Gasteiger partial charge >= 0.3 is 18.5 Å². The molecule has 0 bridgehead atoms. The van der Waals surface area contributed by atoms with Gasteiger partial charge in [0.2, 0.25) is 5.62 Å². The normalized spacial score (nSPS) is 13.6. The van der Waals surface area contributed by atoms with Gasteiger partial charge in [0, 0.05) is 19.2 Å². The molecule has 0 aliphatic heterocycles. The molecule has 1 aromatic carbocycles. The predicted octanol–water partition coefficient (Wildman–Crippen LogP) is 5.89. The number of likely N-dealkylation sites (N-methyl/N-ethyl adjacent to an activating group) is 1. The Morgan fingerprint density at radius 1 is 0.971 bits per heavy atom. The second kappa shape index (κ2) is 10.1. The molecular formula is C19H18BrF9N4O. The van der Waals surface area contributed by atoms with Gasteiger partial charge < -0.3 is 9.64 Å². The highest BCUT2D eigenvalue weighted by molar-refractivity contribution is 9.10. The molecular weight excluding hydrogens is 551 g/mol. The maximum absolute atomic E-state index is 13.4. The third-order valence-corrected chi connectivity index (χ3v) is 5.12. The zero-order chi connectivity index (χ0) is 26.1. The average molecular weight is 569 g/mol. The molecule has 15 heteroatoms. The second-order valence-corrected chi connectivity index (χ2v) is 7.93. The smallest absolute Gasteiger partial charge is 0.433 e. The van der Waals surface area contributed by atoms with Crippen LogP contribution in [0.1, 0.15) is 23.7 Å². The number of ether oxygens (including phenoxy) is 1. The van der Waals surface area contributed by atoms with E-state index in [0.29, 0.717) is 12.6 Å². The Hall–Kier alpha value is -2.29. The molecule has 0 atom stereocenters. The first-order valence-corrected chi connectivity index (χ1v) is 10.2. The number of alkyl halides is 9. The summed E-state index contributed by atoms with van der Waals surface area (Å²) in [7, 11) is 3.38. The van der Waals surface area contributed by atoms with Crippen molar-refractivity contribution in [3.63, 3.8) is 0 Å². The monoisotopic (exact) mass is 568 g/mol. The number of nitrogens with zero attached hydrogens (tertiary/aromatic N) is 4. The molecule has 0 saturated heterocycles. The van der Waals surface area contributed by atoms with Crippen molar-refractivity contribution < 1.29 is 44.3 Å². The minimum Gasteiger partial charge on any atom is -0.477 e. The summed E-state index contributed by atoms with van der Waals surface area (Å²) in [6.45, 7) is 1.63. The van der Waals surface area contributed by atoms with E-state index in [9.17, 15) is 39.5 Å². The van der Waals surface area contributed by atoms with Gasteiger partial charge in [0.1, 0.15) is 6.61 Å². The molecule has 0 amide bonds. The Labute approximate surface area is 196 Å². The van der Waals surface area contributed by atoms with Gasteiger partial charge in [-0.3, -0.25) is 4.57 Å². The van der Waals surface area contributed by atoms with Crippen molar-refractivity contribution in [1.29, 1.82) is 0 Å². The summed E-state index contributed by atoms with van der Waals surface area (Å²) >= 11 is 2.58. The van der Waals surface area contributed by atoms with Crippen LogP contribution in [0.2, 0.25) is 0 Å². The Bertz CT molecular complexity index is 1090. The Morgan fingerprint density at radius 2 is 1.59 bits per heavy atom. The Kier molecular flexibility index (Phi) is 8.33. The molecule has 0 radical (unpaired) electrons. The van der Waals surface area contributed by atoms with Gasteiger partial charge in [0.25, 0.3) is 0 Å². The van der Waals surface area contributed by atoms with Crippen LogP contribution in [0.4, 0.5) is 45.2 Å². The van der Waals surface area contributed by atoms with Crippen molar-refractivity contribution >= 4 is 21.6 Å². The van der Waals surface area contributed by atoms with Gasteiger partial charge in [-0.05, 0) is 49.1 Å². The minimum atomic E-state index is -5.20. The molecule has 5 nitrogen and oxygen atoms in total. The lowest BCUT2D eigenvalue weighted by molar-refractivity contribution is -0.143. The lowest BCUT2D eigenvalue weighted by Gasteiger charge is -2.18. The number of hydrogen-bond donors (Lipinski definition) is 0. The average Bonchev–Trinajstić information content (AvgIpc) is 2.66. The van der Waals surface area contributed by atoms with Gasteiger partial charge in [-0.1, -0.05) is 0 Å². The maximum atomic E-state index is 13.4. The van der Waals surface area contributed by atoms with Gasteiger partial charge in [-0.15, -0.1) is 0 Å². The van der Waals surface area contributed by atoms with Crippen LogP contribution in [0, 0.1) is 0 Å². The molecule has 0 aliphatic rings. The topological polar surface area (TPSA) is 42.6 Å². The number of benzene rings is 1. The summed E-state index contributed by atoms with van der Waals surface area (Å²) in [5.41, 5.74) is -6.55. The first kappa shape index (κ1) is 28.0. The van der Waals surface area contributed by atoms with Gasteiger partial charge in [-0.2, -0.15) is 39.5 Å². The van der Waals surface area contributed by atoms with Gasteiger partial charge in [0.05, 0.1) is 21.3 Å². The minimum absolute atomic E-state index is 0.0563. The van der Waals surface area contributed by atoms with Crippen LogP contribution in [0.15, 0.2) is 27.7 Å². The molecule has 0 saturated carbocycles. The summed E-state index contributed by atoms with van der Waals surface area (Å²) in [5.74, 6) is -0.357. The molecule has 0 fully saturated rings. The first-order chi connectivity index (χ1) is 15.4. The number of rotatable bonds is 6. The molecule has 2 aromatic rings. The van der Waals surface area contributed by atoms with Crippen molar-refractivity contribution in [2.24, 2.45) is 4.99 Å². The molecule has 0 unspecified atom stereocenters. The van der Waals surface area contributed by atoms with E-state index in [0.717, 1.165) is 4.57 Å². The molecule has 1 heterocycles. The zero-order valence-corrected chi connectivity index (χ0v) is 19.4. The lowest BCUT2D eigenvalue weighted by Crippen LogP contribution is -2.30. The summed E-state index contributed by atoms with van der Waals surface area (Å²) in [5, 5.41) is 0. The first-order valence-electron chi connectivity index (χ1n) is 9.44. The quantitative estimate of drug-likeness (QED) is 0.408. The van der Waals surface area contributed by atoms with E-state index in [1.807, 2.05) is 0 Å². The van der Waals surface area contributed by atoms with Crippen LogP contribution >= 0.6 is 15.9 Å². The third-order valence-electron chi connectivity index (χ3n) is 4.29. The summed E-state index contributed by atoms with van der Waals surface area (Å²) < 4.78 is 125. The fraction of sp³-hybridized carbons (Fsp3) is 0.474. The molecule has 0 spiro atoms. The van der Waals surface area contributed by atoms with E-state index in [1.165, 1.54) is 6.92 Å². The van der Waals surface area contributed by atoms with Gasteiger partial charge in [0.15, 0.2) is 11.6 Å². The summed E-state index contributed by atoms with van der Waals surface area (Å²) in [4.78, 5) is 8.67. The van der Waals surface area contributed by atoms with Crippen molar-refractivity contribution in [2.75, 3.05) is 27.2 Å². The fourth-order valence-corrected chi connectivity index (χ4v) is 3.18. The van der Waals surface area contributed by atoms with E-state index in [2.05, 4.69) is 25.9 Å². The van der Waals surface area contributed by atoms with Crippen LogP contribution in [0.5, 0.6) is 5.88 Å². The summed E-state index contributed by atoms with van der Waals surface area (Å²) in [6, 6.07) is 0.751.